The number of fused-ring (bicyclic) bond motifs is 3. The van der Waals surface area contributed by atoms with Crippen LogP contribution < -0.4 is 4.90 Å². The van der Waals surface area contributed by atoms with Crippen molar-refractivity contribution in [1.82, 2.24) is 9.61 Å². The number of hydrogen-bond acceptors (Lipinski definition) is 2. The normalized spacial score (nSPS) is 11.2. The Morgan fingerprint density at radius 2 is 0.726 bits per heavy atom. The smallest absolute Gasteiger partial charge is 0.101 e. The second kappa shape index (κ2) is 16.1. The van der Waals surface area contributed by atoms with Crippen molar-refractivity contribution in [2.24, 2.45) is 0 Å². The zero-order valence-corrected chi connectivity index (χ0v) is 34.0. The van der Waals surface area contributed by atoms with Crippen LogP contribution in [0.1, 0.15) is 0 Å². The molecule has 0 N–H and O–H groups in total. The highest BCUT2D eigenvalue weighted by molar-refractivity contribution is 6.09. The largest absolute Gasteiger partial charge is 0.310 e. The van der Waals surface area contributed by atoms with Crippen LogP contribution in [0.2, 0.25) is 0 Å². The lowest BCUT2D eigenvalue weighted by Gasteiger charge is -2.26. The number of nitrogens with zero attached hydrogens (tertiary/aromatic N) is 3. The molecule has 0 aliphatic heterocycles. The molecule has 0 radical (unpaired) electrons. The molecule has 62 heavy (non-hydrogen) atoms. The molecule has 11 rings (SSSR count). The molecule has 0 bridgehead atoms. The van der Waals surface area contributed by atoms with Gasteiger partial charge in [-0.2, -0.15) is 5.10 Å². The van der Waals surface area contributed by atoms with E-state index in [0.29, 0.717) is 0 Å². The van der Waals surface area contributed by atoms with Gasteiger partial charge in [-0.05, 0) is 92.9 Å². The van der Waals surface area contributed by atoms with Crippen LogP contribution in [0.3, 0.4) is 0 Å². The first-order valence-electron chi connectivity index (χ1n) is 21.1. The van der Waals surface area contributed by atoms with E-state index in [1.807, 2.05) is 0 Å². The van der Waals surface area contributed by atoms with Crippen LogP contribution in [0.25, 0.3) is 83.3 Å². The minimum absolute atomic E-state index is 0.958. The summed E-state index contributed by atoms with van der Waals surface area (Å²) in [6.07, 6.45) is 0. The molecule has 2 heterocycles. The highest BCUT2D eigenvalue weighted by Crippen LogP contribution is 2.44. The average molecular weight is 792 g/mol. The first-order chi connectivity index (χ1) is 30.7. The lowest BCUT2D eigenvalue weighted by atomic mass is 9.96. The van der Waals surface area contributed by atoms with Gasteiger partial charge in [0.2, 0.25) is 0 Å². The number of hydrogen-bond donors (Lipinski definition) is 0. The fourth-order valence-corrected chi connectivity index (χ4v) is 8.76. The van der Waals surface area contributed by atoms with E-state index in [1.165, 1.54) is 33.4 Å². The molecular weight excluding hydrogens is 751 g/mol. The predicted octanol–water partition coefficient (Wildman–Crippen LogP) is 16.0. The van der Waals surface area contributed by atoms with Crippen molar-refractivity contribution in [3.05, 3.63) is 249 Å². The van der Waals surface area contributed by atoms with Gasteiger partial charge in [-0.1, -0.05) is 200 Å². The monoisotopic (exact) mass is 791 g/mol. The van der Waals surface area contributed by atoms with Gasteiger partial charge in [-0.3, -0.25) is 0 Å². The summed E-state index contributed by atoms with van der Waals surface area (Å²) < 4.78 is 2.16. The molecule has 0 atom stereocenters. The molecule has 0 unspecified atom stereocenters. The Hall–Kier alpha value is -8.27. The number of rotatable bonds is 9. The van der Waals surface area contributed by atoms with Crippen LogP contribution in [-0.4, -0.2) is 9.61 Å². The van der Waals surface area contributed by atoms with E-state index in [4.69, 9.17) is 5.10 Å². The summed E-state index contributed by atoms with van der Waals surface area (Å²) in [6.45, 7) is 0. The van der Waals surface area contributed by atoms with Crippen molar-refractivity contribution in [2.45, 2.75) is 0 Å². The molecule has 0 saturated heterocycles. The van der Waals surface area contributed by atoms with Crippen LogP contribution in [-0.2, 0) is 0 Å². The van der Waals surface area contributed by atoms with Gasteiger partial charge in [-0.25, -0.2) is 4.52 Å². The Balaban J connectivity index is 1.10. The van der Waals surface area contributed by atoms with Gasteiger partial charge in [0.05, 0.1) is 11.2 Å². The molecule has 11 aromatic rings. The highest BCUT2D eigenvalue weighted by Gasteiger charge is 2.23. The molecule has 3 heteroatoms. The van der Waals surface area contributed by atoms with E-state index in [-0.39, 0.29) is 0 Å². The molecule has 3 nitrogen and oxygen atoms in total. The molecule has 0 saturated carbocycles. The number of anilines is 3. The van der Waals surface area contributed by atoms with E-state index in [0.717, 1.165) is 67.0 Å². The van der Waals surface area contributed by atoms with E-state index in [9.17, 15) is 0 Å². The number of pyridine rings is 1. The first-order valence-corrected chi connectivity index (χ1v) is 21.1. The summed E-state index contributed by atoms with van der Waals surface area (Å²) in [5.41, 5.74) is 17.9. The Labute approximate surface area is 362 Å². The summed E-state index contributed by atoms with van der Waals surface area (Å²) in [5, 5.41) is 7.70. The molecule has 0 amide bonds. The second-order valence-corrected chi connectivity index (χ2v) is 15.6. The lowest BCUT2D eigenvalue weighted by Crippen LogP contribution is -2.10. The average Bonchev–Trinajstić information content (AvgIpc) is 3.77. The second-order valence-electron chi connectivity index (χ2n) is 15.6. The predicted molar refractivity (Wildman–Crippen MR) is 260 cm³/mol. The quantitative estimate of drug-likeness (QED) is 0.145. The Morgan fingerprint density at radius 1 is 0.306 bits per heavy atom. The maximum absolute atomic E-state index is 5.43. The van der Waals surface area contributed by atoms with Gasteiger partial charge >= 0.3 is 0 Å². The van der Waals surface area contributed by atoms with E-state index >= 15 is 0 Å². The maximum Gasteiger partial charge on any atom is 0.101 e. The third kappa shape index (κ3) is 6.92. The van der Waals surface area contributed by atoms with E-state index in [2.05, 4.69) is 258 Å². The zero-order chi connectivity index (χ0) is 41.2. The summed E-state index contributed by atoms with van der Waals surface area (Å²) in [6, 6.07) is 88.9. The molecule has 0 aliphatic rings. The van der Waals surface area contributed by atoms with Crippen LogP contribution in [0, 0.1) is 0 Å². The lowest BCUT2D eigenvalue weighted by molar-refractivity contribution is 0.979. The summed E-state index contributed by atoms with van der Waals surface area (Å²) >= 11 is 0. The third-order valence-electron chi connectivity index (χ3n) is 11.8. The molecule has 2 aromatic heterocycles. The van der Waals surface area contributed by atoms with E-state index in [1.54, 1.807) is 0 Å². The van der Waals surface area contributed by atoms with Crippen LogP contribution in [0.15, 0.2) is 249 Å². The van der Waals surface area contributed by atoms with Gasteiger partial charge < -0.3 is 4.90 Å². The molecule has 9 aromatic carbocycles. The van der Waals surface area contributed by atoms with Crippen molar-refractivity contribution >= 4 is 33.4 Å². The minimum Gasteiger partial charge on any atom is -0.310 e. The third-order valence-corrected chi connectivity index (χ3v) is 11.8. The molecule has 0 fully saturated rings. The standard InChI is InChI=1S/C59H41N3/c1-6-17-42(18-7-1)44-29-33-52(34-30-44)61(53-35-31-45(32-36-53)50-28-16-27-49(39-50)43-19-8-2-9-20-43)54-37-38-55-51(40-54)41-56(46-21-10-3-11-22-46)62-59(55)57(47-23-12-4-13-24-47)58(60-62)48-25-14-5-15-26-48/h1-41H. The molecule has 0 aliphatic carbocycles. The molecular formula is C59H41N3. The zero-order valence-electron chi connectivity index (χ0n) is 34.0. The van der Waals surface area contributed by atoms with Crippen molar-refractivity contribution in [2.75, 3.05) is 4.90 Å². The topological polar surface area (TPSA) is 20.5 Å². The van der Waals surface area contributed by atoms with Gasteiger partial charge in [0, 0.05) is 39.1 Å². The minimum atomic E-state index is 0.958. The van der Waals surface area contributed by atoms with Crippen molar-refractivity contribution in [1.29, 1.82) is 0 Å². The number of aromatic nitrogens is 2. The van der Waals surface area contributed by atoms with Crippen molar-refractivity contribution in [3.63, 3.8) is 0 Å². The number of benzene rings is 9. The van der Waals surface area contributed by atoms with Gasteiger partial charge in [0.15, 0.2) is 0 Å². The molecule has 0 spiro atoms. The van der Waals surface area contributed by atoms with Crippen molar-refractivity contribution < 1.29 is 0 Å². The van der Waals surface area contributed by atoms with Crippen molar-refractivity contribution in [3.8, 4) is 67.0 Å². The van der Waals surface area contributed by atoms with E-state index < -0.39 is 0 Å². The summed E-state index contributed by atoms with van der Waals surface area (Å²) in [4.78, 5) is 2.37. The fourth-order valence-electron chi connectivity index (χ4n) is 8.76. The van der Waals surface area contributed by atoms with Crippen LogP contribution in [0.4, 0.5) is 17.1 Å². The Bertz CT molecular complexity index is 3290. The van der Waals surface area contributed by atoms with Crippen LogP contribution >= 0.6 is 0 Å². The first kappa shape index (κ1) is 36.8. The van der Waals surface area contributed by atoms with Gasteiger partial charge in [0.1, 0.15) is 5.69 Å². The van der Waals surface area contributed by atoms with Gasteiger partial charge in [-0.15, -0.1) is 0 Å². The Morgan fingerprint density at radius 3 is 1.27 bits per heavy atom. The summed E-state index contributed by atoms with van der Waals surface area (Å²) in [5.74, 6) is 0. The highest BCUT2D eigenvalue weighted by atomic mass is 15.2. The SMILES string of the molecule is c1ccc(-c2ccc(N(c3ccc(-c4cccc(-c5ccccc5)c4)cc3)c3ccc4c(c3)cc(-c3ccccc3)n3nc(-c5ccccc5)c(-c5ccccc5)c43)cc2)cc1. The van der Waals surface area contributed by atoms with Gasteiger partial charge in [0.25, 0.3) is 0 Å². The maximum atomic E-state index is 5.43. The Kier molecular flexibility index (Phi) is 9.53. The fraction of sp³-hybridized carbons (Fsp3) is 0. The molecule has 292 valence electrons. The van der Waals surface area contributed by atoms with Crippen LogP contribution in [0.5, 0.6) is 0 Å². The summed E-state index contributed by atoms with van der Waals surface area (Å²) in [7, 11) is 0.